The Balaban J connectivity index is 3.13. The second kappa shape index (κ2) is 1.90. The van der Waals surface area contributed by atoms with Crippen molar-refractivity contribution in [3.05, 3.63) is 29.8 Å². The minimum atomic E-state index is -0.194. The topological polar surface area (TPSA) is 12.9 Å². The van der Waals surface area contributed by atoms with E-state index in [0.717, 1.165) is 0 Å². The molecule has 0 spiro atoms. The predicted octanol–water partition coefficient (Wildman–Crippen LogP) is 1.53. The molecule has 0 unspecified atom stereocenters. The third kappa shape index (κ3) is 0.832. The maximum Gasteiger partial charge on any atom is 0.129 e. The molecule has 0 bridgehead atoms. The van der Waals surface area contributed by atoms with E-state index in [1.54, 1.807) is 6.92 Å². The van der Waals surface area contributed by atoms with Crippen molar-refractivity contribution in [2.75, 3.05) is 0 Å². The van der Waals surface area contributed by atoms with E-state index in [2.05, 4.69) is 4.98 Å². The molecule has 1 nitrogen and oxygen atoms in total. The van der Waals surface area contributed by atoms with E-state index in [9.17, 15) is 4.39 Å². The molecule has 0 atom stereocenters. The monoisotopic (exact) mass is 111 g/mol. The van der Waals surface area contributed by atoms with Crippen molar-refractivity contribution in [2.24, 2.45) is 0 Å². The van der Waals surface area contributed by atoms with Gasteiger partial charge in [-0.15, -0.1) is 0 Å². The quantitative estimate of drug-likeness (QED) is 0.494. The van der Waals surface area contributed by atoms with Crippen LogP contribution in [-0.2, 0) is 0 Å². The van der Waals surface area contributed by atoms with Crippen molar-refractivity contribution in [3.63, 3.8) is 0 Å². The van der Waals surface area contributed by atoms with Gasteiger partial charge in [0, 0.05) is 18.0 Å². The van der Waals surface area contributed by atoms with Gasteiger partial charge in [0.15, 0.2) is 0 Å². The number of pyridine rings is 1. The summed E-state index contributed by atoms with van der Waals surface area (Å²) in [6.45, 7) is 1.68. The van der Waals surface area contributed by atoms with Crippen molar-refractivity contribution in [3.8, 4) is 0 Å². The van der Waals surface area contributed by atoms with Crippen molar-refractivity contribution in [1.29, 1.82) is 0 Å². The van der Waals surface area contributed by atoms with Crippen LogP contribution in [-0.4, -0.2) is 4.98 Å². The zero-order valence-electron chi connectivity index (χ0n) is 4.56. The molecule has 1 aromatic heterocycles. The van der Waals surface area contributed by atoms with Gasteiger partial charge in [-0.3, -0.25) is 4.98 Å². The summed E-state index contributed by atoms with van der Waals surface area (Å²) in [6, 6.07) is 1.34. The van der Waals surface area contributed by atoms with Crippen LogP contribution >= 0.6 is 0 Å². The highest BCUT2D eigenvalue weighted by Crippen LogP contribution is 1.99. The van der Waals surface area contributed by atoms with Gasteiger partial charge < -0.3 is 0 Å². The van der Waals surface area contributed by atoms with Gasteiger partial charge in [-0.25, -0.2) is 4.39 Å². The Morgan fingerprint density at radius 2 is 2.38 bits per heavy atom. The first-order chi connectivity index (χ1) is 3.80. The number of rotatable bonds is 0. The fourth-order valence-electron chi connectivity index (χ4n) is 0.456. The highest BCUT2D eigenvalue weighted by molar-refractivity contribution is 5.08. The average Bonchev–Trinajstić information content (AvgIpc) is 1.77. The van der Waals surface area contributed by atoms with Crippen LogP contribution in [0, 0.1) is 12.7 Å². The van der Waals surface area contributed by atoms with Crippen LogP contribution in [0.1, 0.15) is 5.56 Å². The number of halogens is 1. The first-order valence-electron chi connectivity index (χ1n) is 2.37. The summed E-state index contributed by atoms with van der Waals surface area (Å²) in [5.74, 6) is -0.194. The van der Waals surface area contributed by atoms with Crippen LogP contribution in [0.2, 0.25) is 0 Å². The Morgan fingerprint density at radius 1 is 1.62 bits per heavy atom. The molecule has 42 valence electrons. The van der Waals surface area contributed by atoms with Gasteiger partial charge in [-0.2, -0.15) is 0 Å². The lowest BCUT2D eigenvalue weighted by atomic mass is 10.3. The van der Waals surface area contributed by atoms with Crippen LogP contribution < -0.4 is 0 Å². The highest BCUT2D eigenvalue weighted by Gasteiger charge is 1.89. The molecule has 0 aliphatic heterocycles. The van der Waals surface area contributed by atoms with Gasteiger partial charge in [-0.05, 0) is 13.0 Å². The van der Waals surface area contributed by atoms with Gasteiger partial charge in [0.2, 0.25) is 0 Å². The largest absolute Gasteiger partial charge is 0.264 e. The number of nitrogens with zero attached hydrogens (tertiary/aromatic N) is 1. The summed E-state index contributed by atoms with van der Waals surface area (Å²) in [5, 5.41) is 0. The Hall–Kier alpha value is -0.920. The normalized spacial score (nSPS) is 9.25. The summed E-state index contributed by atoms with van der Waals surface area (Å²) in [7, 11) is 0. The minimum Gasteiger partial charge on any atom is -0.264 e. The first kappa shape index (κ1) is 5.22. The third-order valence-electron chi connectivity index (χ3n) is 0.952. The number of aromatic nitrogens is 1. The van der Waals surface area contributed by atoms with Gasteiger partial charge in [0.25, 0.3) is 0 Å². The number of hydrogen-bond donors (Lipinski definition) is 0. The molecule has 0 N–H and O–H groups in total. The lowest BCUT2D eigenvalue weighted by molar-refractivity contribution is 0.616. The van der Waals surface area contributed by atoms with Gasteiger partial charge in [-0.1, -0.05) is 0 Å². The van der Waals surface area contributed by atoms with Crippen LogP contribution in [0.4, 0.5) is 4.39 Å². The molecule has 1 aromatic rings. The Bertz CT molecular complexity index is 165. The Kier molecular flexibility index (Phi) is 1.24. The van der Waals surface area contributed by atoms with Crippen LogP contribution in [0.5, 0.6) is 0 Å². The molecule has 0 amide bonds. The van der Waals surface area contributed by atoms with Crippen LogP contribution in [0.25, 0.3) is 0 Å². The number of hydrogen-bond acceptors (Lipinski definition) is 1. The molecular formula is C6H6FN. The van der Waals surface area contributed by atoms with E-state index < -0.39 is 0 Å². The summed E-state index contributed by atoms with van der Waals surface area (Å²) >= 11 is 0. The van der Waals surface area contributed by atoms with Crippen molar-refractivity contribution < 1.29 is 4.39 Å². The summed E-state index contributed by atoms with van der Waals surface area (Å²) < 4.78 is 12.3. The van der Waals surface area contributed by atoms with E-state index in [-0.39, 0.29) is 5.82 Å². The smallest absolute Gasteiger partial charge is 0.129 e. The summed E-state index contributed by atoms with van der Waals surface area (Å²) in [4.78, 5) is 3.71. The molecule has 0 fully saturated rings. The molecule has 1 heterocycles. The Morgan fingerprint density at radius 3 is 2.75 bits per heavy atom. The second-order valence-electron chi connectivity index (χ2n) is 1.62. The summed E-state index contributed by atoms with van der Waals surface area (Å²) in [6.07, 6.45) is 2.93. The second-order valence-corrected chi connectivity index (χ2v) is 1.62. The van der Waals surface area contributed by atoms with Gasteiger partial charge >= 0.3 is 0 Å². The SMILES string of the molecule is Cc1cnccc1F. The van der Waals surface area contributed by atoms with Crippen molar-refractivity contribution >= 4 is 0 Å². The molecule has 0 saturated carbocycles. The molecule has 0 aliphatic carbocycles. The lowest BCUT2D eigenvalue weighted by Gasteiger charge is -1.88. The van der Waals surface area contributed by atoms with E-state index >= 15 is 0 Å². The van der Waals surface area contributed by atoms with Crippen LogP contribution in [0.3, 0.4) is 0 Å². The van der Waals surface area contributed by atoms with E-state index in [1.807, 2.05) is 0 Å². The molecule has 0 aromatic carbocycles. The first-order valence-corrected chi connectivity index (χ1v) is 2.37. The average molecular weight is 111 g/mol. The van der Waals surface area contributed by atoms with E-state index in [4.69, 9.17) is 0 Å². The molecular weight excluding hydrogens is 105 g/mol. The standard InChI is InChI=1S/C6H6FN/c1-5-4-8-3-2-6(5)7/h2-4H,1H3. The fourth-order valence-corrected chi connectivity index (χ4v) is 0.456. The molecule has 0 aliphatic rings. The highest BCUT2D eigenvalue weighted by atomic mass is 19.1. The molecule has 0 radical (unpaired) electrons. The zero-order chi connectivity index (χ0) is 5.98. The van der Waals surface area contributed by atoms with Crippen LogP contribution in [0.15, 0.2) is 18.5 Å². The van der Waals surface area contributed by atoms with Crippen molar-refractivity contribution in [2.45, 2.75) is 6.92 Å². The predicted molar refractivity (Wildman–Crippen MR) is 28.9 cm³/mol. The Labute approximate surface area is 47.2 Å². The number of aryl methyl sites for hydroxylation is 1. The molecule has 8 heavy (non-hydrogen) atoms. The lowest BCUT2D eigenvalue weighted by Crippen LogP contribution is -1.80. The van der Waals surface area contributed by atoms with E-state index in [0.29, 0.717) is 5.56 Å². The third-order valence-corrected chi connectivity index (χ3v) is 0.952. The molecule has 2 heteroatoms. The molecule has 1 rings (SSSR count). The summed E-state index contributed by atoms with van der Waals surface area (Å²) in [5.41, 5.74) is 0.590. The zero-order valence-corrected chi connectivity index (χ0v) is 4.56. The molecule has 0 saturated heterocycles. The minimum absolute atomic E-state index is 0.194. The van der Waals surface area contributed by atoms with Gasteiger partial charge in [0.05, 0.1) is 0 Å². The fraction of sp³-hybridized carbons (Fsp3) is 0.167. The maximum absolute atomic E-state index is 12.3. The maximum atomic E-state index is 12.3. The van der Waals surface area contributed by atoms with Gasteiger partial charge in [0.1, 0.15) is 5.82 Å². The van der Waals surface area contributed by atoms with Crippen molar-refractivity contribution in [1.82, 2.24) is 4.98 Å². The van der Waals surface area contributed by atoms with E-state index in [1.165, 1.54) is 18.5 Å².